The monoisotopic (exact) mass is 330 g/mol. The van der Waals surface area contributed by atoms with Gasteiger partial charge in [0.1, 0.15) is 0 Å². The average molecular weight is 331 g/mol. The molecule has 1 saturated heterocycles. The van der Waals surface area contributed by atoms with Crippen molar-refractivity contribution >= 4 is 29.1 Å². The number of nitrogens with zero attached hydrogens (tertiary/aromatic N) is 1. The van der Waals surface area contributed by atoms with Crippen molar-refractivity contribution in [1.29, 1.82) is 0 Å². The second-order valence-electron chi connectivity index (χ2n) is 6.66. The number of benzene rings is 2. The number of piperazine rings is 1. The Morgan fingerprint density at radius 3 is 2.78 bits per heavy atom. The third kappa shape index (κ3) is 3.08. The number of hydrogen-bond acceptors (Lipinski definition) is 2. The lowest BCUT2D eigenvalue weighted by atomic mass is 10.00. The van der Waals surface area contributed by atoms with Gasteiger partial charge in [-0.3, -0.25) is 4.79 Å². The summed E-state index contributed by atoms with van der Waals surface area (Å²) in [4.78, 5) is 14.8. The molecule has 23 heavy (non-hydrogen) atoms. The van der Waals surface area contributed by atoms with Gasteiger partial charge in [-0.2, -0.15) is 0 Å². The Labute approximate surface area is 143 Å². The molecule has 1 aliphatic heterocycles. The van der Waals surface area contributed by atoms with E-state index in [0.717, 1.165) is 26.1 Å². The molecular weight excluding hydrogens is 308 g/mol. The second-order valence-corrected chi connectivity index (χ2v) is 6.66. The SMILES string of the molecule is CC1CN(C(=O)C2CC2c2cccc3ccccc23)CCN1.Cl. The molecule has 0 bridgehead atoms. The Morgan fingerprint density at radius 2 is 1.96 bits per heavy atom. The molecule has 122 valence electrons. The van der Waals surface area contributed by atoms with E-state index < -0.39 is 0 Å². The highest BCUT2D eigenvalue weighted by Gasteiger charge is 2.46. The summed E-state index contributed by atoms with van der Waals surface area (Å²) in [6, 6.07) is 15.4. The number of rotatable bonds is 2. The van der Waals surface area contributed by atoms with Crippen molar-refractivity contribution in [2.24, 2.45) is 5.92 Å². The van der Waals surface area contributed by atoms with E-state index >= 15 is 0 Å². The van der Waals surface area contributed by atoms with Crippen molar-refractivity contribution in [2.45, 2.75) is 25.3 Å². The molecule has 4 heteroatoms. The molecule has 4 rings (SSSR count). The van der Waals surface area contributed by atoms with Crippen LogP contribution in [-0.4, -0.2) is 36.5 Å². The van der Waals surface area contributed by atoms with E-state index in [0.29, 0.717) is 17.9 Å². The van der Waals surface area contributed by atoms with Crippen molar-refractivity contribution < 1.29 is 4.79 Å². The summed E-state index contributed by atoms with van der Waals surface area (Å²) in [5, 5.41) is 5.98. The molecular formula is C19H23ClN2O. The lowest BCUT2D eigenvalue weighted by Gasteiger charge is -2.32. The molecule has 0 radical (unpaired) electrons. The molecule has 1 amide bonds. The fourth-order valence-corrected chi connectivity index (χ4v) is 3.75. The van der Waals surface area contributed by atoms with Gasteiger partial charge < -0.3 is 10.2 Å². The Hall–Kier alpha value is -1.58. The largest absolute Gasteiger partial charge is 0.340 e. The van der Waals surface area contributed by atoms with Gasteiger partial charge in [-0.15, -0.1) is 12.4 Å². The summed E-state index contributed by atoms with van der Waals surface area (Å²) < 4.78 is 0. The average Bonchev–Trinajstić information content (AvgIpc) is 3.34. The van der Waals surface area contributed by atoms with Crippen LogP contribution in [0.15, 0.2) is 42.5 Å². The summed E-state index contributed by atoms with van der Waals surface area (Å²) in [6.45, 7) is 4.76. The quantitative estimate of drug-likeness (QED) is 0.917. The fraction of sp³-hybridized carbons (Fsp3) is 0.421. The minimum atomic E-state index is 0. The first-order valence-corrected chi connectivity index (χ1v) is 8.24. The highest BCUT2D eigenvalue weighted by Crippen LogP contribution is 2.50. The Kier molecular flexibility index (Phi) is 4.60. The molecule has 0 spiro atoms. The van der Waals surface area contributed by atoms with E-state index in [-0.39, 0.29) is 18.3 Å². The minimum Gasteiger partial charge on any atom is -0.340 e. The van der Waals surface area contributed by atoms with Crippen LogP contribution in [0.2, 0.25) is 0 Å². The Balaban J connectivity index is 0.00000156. The van der Waals surface area contributed by atoms with Gasteiger partial charge >= 0.3 is 0 Å². The van der Waals surface area contributed by atoms with Gasteiger partial charge in [0.15, 0.2) is 0 Å². The van der Waals surface area contributed by atoms with Crippen LogP contribution >= 0.6 is 12.4 Å². The molecule has 0 aromatic heterocycles. The standard InChI is InChI=1S/C19H22N2O.ClH/c1-13-12-21(10-9-20-13)19(22)18-11-17(18)16-8-4-6-14-5-2-3-7-15(14)16;/h2-8,13,17-18,20H,9-12H2,1H3;1H. The molecule has 3 nitrogen and oxygen atoms in total. The zero-order chi connectivity index (χ0) is 15.1. The van der Waals surface area contributed by atoms with E-state index in [2.05, 4.69) is 59.6 Å². The highest BCUT2D eigenvalue weighted by atomic mass is 35.5. The van der Waals surface area contributed by atoms with Crippen LogP contribution < -0.4 is 5.32 Å². The molecule has 2 aromatic carbocycles. The van der Waals surface area contributed by atoms with Crippen LogP contribution in [-0.2, 0) is 4.79 Å². The zero-order valence-electron chi connectivity index (χ0n) is 13.4. The summed E-state index contributed by atoms with van der Waals surface area (Å²) in [7, 11) is 0. The molecule has 1 saturated carbocycles. The Bertz CT molecular complexity index is 712. The first kappa shape index (κ1) is 16.3. The molecule has 1 heterocycles. The van der Waals surface area contributed by atoms with Gasteiger partial charge in [0.2, 0.25) is 5.91 Å². The van der Waals surface area contributed by atoms with Gasteiger partial charge in [-0.25, -0.2) is 0 Å². The van der Waals surface area contributed by atoms with Crippen molar-refractivity contribution in [3.05, 3.63) is 48.0 Å². The molecule has 2 aliphatic rings. The van der Waals surface area contributed by atoms with E-state index in [9.17, 15) is 4.79 Å². The first-order chi connectivity index (χ1) is 10.7. The van der Waals surface area contributed by atoms with Crippen LogP contribution in [0.3, 0.4) is 0 Å². The number of hydrogen-bond donors (Lipinski definition) is 1. The van der Waals surface area contributed by atoms with E-state index in [1.54, 1.807) is 0 Å². The van der Waals surface area contributed by atoms with E-state index in [1.807, 2.05) is 0 Å². The molecule has 2 aromatic rings. The third-order valence-electron chi connectivity index (χ3n) is 5.01. The second kappa shape index (κ2) is 6.50. The molecule has 1 aliphatic carbocycles. The zero-order valence-corrected chi connectivity index (χ0v) is 14.2. The van der Waals surface area contributed by atoms with E-state index in [4.69, 9.17) is 0 Å². The van der Waals surface area contributed by atoms with Gasteiger partial charge in [0, 0.05) is 31.6 Å². The van der Waals surface area contributed by atoms with Crippen LogP contribution in [0.1, 0.15) is 24.8 Å². The van der Waals surface area contributed by atoms with Gasteiger partial charge in [-0.05, 0) is 35.6 Å². The van der Waals surface area contributed by atoms with Crippen LogP contribution in [0.25, 0.3) is 10.8 Å². The summed E-state index contributed by atoms with van der Waals surface area (Å²) in [5.74, 6) is 0.950. The molecule has 3 unspecified atom stereocenters. The number of nitrogens with one attached hydrogen (secondary N) is 1. The molecule has 2 fully saturated rings. The van der Waals surface area contributed by atoms with Crippen LogP contribution in [0, 0.1) is 5.92 Å². The number of carbonyl (C=O) groups excluding carboxylic acids is 1. The topological polar surface area (TPSA) is 32.3 Å². The lowest BCUT2D eigenvalue weighted by molar-refractivity contribution is -0.133. The van der Waals surface area contributed by atoms with Crippen LogP contribution in [0.5, 0.6) is 0 Å². The highest BCUT2D eigenvalue weighted by molar-refractivity contribution is 5.89. The maximum atomic E-state index is 12.7. The summed E-state index contributed by atoms with van der Waals surface area (Å²) >= 11 is 0. The molecule has 3 atom stereocenters. The Morgan fingerprint density at radius 1 is 1.17 bits per heavy atom. The summed E-state index contributed by atoms with van der Waals surface area (Å²) in [6.07, 6.45) is 1.01. The van der Waals surface area contributed by atoms with Gasteiger partial charge in [-0.1, -0.05) is 42.5 Å². The van der Waals surface area contributed by atoms with Gasteiger partial charge in [0.25, 0.3) is 0 Å². The fourth-order valence-electron chi connectivity index (χ4n) is 3.75. The normalized spacial score (nSPS) is 26.7. The van der Waals surface area contributed by atoms with Crippen molar-refractivity contribution in [3.63, 3.8) is 0 Å². The van der Waals surface area contributed by atoms with Crippen LogP contribution in [0.4, 0.5) is 0 Å². The minimum absolute atomic E-state index is 0. The maximum Gasteiger partial charge on any atom is 0.226 e. The number of halogens is 1. The number of amides is 1. The number of carbonyl (C=O) groups is 1. The lowest BCUT2D eigenvalue weighted by Crippen LogP contribution is -2.51. The summed E-state index contributed by atoms with van der Waals surface area (Å²) in [5.41, 5.74) is 1.35. The van der Waals surface area contributed by atoms with Gasteiger partial charge in [0.05, 0.1) is 0 Å². The smallest absolute Gasteiger partial charge is 0.226 e. The predicted molar refractivity (Wildman–Crippen MR) is 96.1 cm³/mol. The van der Waals surface area contributed by atoms with E-state index in [1.165, 1.54) is 16.3 Å². The maximum absolute atomic E-state index is 12.7. The van der Waals surface area contributed by atoms with Crippen molar-refractivity contribution in [1.82, 2.24) is 10.2 Å². The van der Waals surface area contributed by atoms with Crippen molar-refractivity contribution in [2.75, 3.05) is 19.6 Å². The number of fused-ring (bicyclic) bond motifs is 1. The third-order valence-corrected chi connectivity index (χ3v) is 5.01. The first-order valence-electron chi connectivity index (χ1n) is 8.24. The predicted octanol–water partition coefficient (Wildman–Crippen LogP) is 3.19. The van der Waals surface area contributed by atoms with Crippen molar-refractivity contribution in [3.8, 4) is 0 Å². The molecule has 1 N–H and O–H groups in total.